The standard InChI is InChI=1S/C24H21BrFN9O3.C15H13N5O3.C9H10BrFN4O.CH4.ClH.S2.H2S/c1-12(36)22-16-4-13(14-6-29-24(27)30-7-14)2-3-17(16)35(33-22)11-21(37)34-10-15(26)5-18(34)23(38)32-20-9-28-8-19(25)31-20;1-8(21)14-11-4-9(10-5-17-15(16)18-6-10)2-3-12(11)20(19-14)7-13(22)23;10-7-3-12-4-8(14-7)15-9(16)6-1-5(11)2-13-6;;;1-2;/h2-4,6-9,15,18H,5,10-11H2,1H3,(H2,27,29,30)(H,31,32,38);2-6H,7H2,1H3,(H,22,23)(H2,16,17,18);3-6,13H,1-2H2,(H,14,15,16);1H4;1H;;1H2/t15-,18+;;5-,6+;;;;/m1.1..../s1. The summed E-state index contributed by atoms with van der Waals surface area (Å²) >= 11 is 13.7. The molecule has 0 aliphatic carbocycles. The minimum absolute atomic E-state index is 0. The van der Waals surface area contributed by atoms with Gasteiger partial charge < -0.3 is 37.4 Å². The average molecular weight is 1330 g/mol. The maximum atomic E-state index is 14.4. The van der Waals surface area contributed by atoms with Gasteiger partial charge in [0.25, 0.3) is 0 Å². The molecule has 4 atom stereocenters. The topological polar surface area (TPSA) is 353 Å². The molecule has 432 valence electrons. The predicted molar refractivity (Wildman–Crippen MR) is 320 cm³/mol. The van der Waals surface area contributed by atoms with Gasteiger partial charge in [-0.15, -0.1) is 12.4 Å². The molecule has 2 fully saturated rings. The van der Waals surface area contributed by atoms with Gasteiger partial charge in [-0.3, -0.25) is 48.1 Å². The maximum Gasteiger partial charge on any atom is 0.325 e. The number of rotatable bonds is 12. The number of fused-ring (bicyclic) bond motifs is 2. The fourth-order valence-corrected chi connectivity index (χ4v) is 8.85. The molecule has 8 aromatic rings. The predicted octanol–water partition coefficient (Wildman–Crippen LogP) is 5.81. The van der Waals surface area contributed by atoms with Crippen molar-refractivity contribution in [1.82, 2.24) is 69.6 Å². The normalized spacial score (nSPS) is 15.8. The fourth-order valence-electron chi connectivity index (χ4n) is 8.23. The van der Waals surface area contributed by atoms with Gasteiger partial charge in [0, 0.05) is 102 Å². The third kappa shape index (κ3) is 17.0. The lowest BCUT2D eigenvalue weighted by molar-refractivity contribution is -0.138. The Kier molecular flexibility index (Phi) is 24.8. The molecular formula is C49H51Br2ClF2N18O7S3. The highest BCUT2D eigenvalue weighted by Crippen LogP contribution is 2.30. The van der Waals surface area contributed by atoms with Crippen LogP contribution in [0.25, 0.3) is 44.1 Å². The number of carbonyl (C=O) groups is 6. The van der Waals surface area contributed by atoms with Crippen molar-refractivity contribution in [2.75, 3.05) is 35.2 Å². The van der Waals surface area contributed by atoms with Crippen LogP contribution in [0.2, 0.25) is 0 Å². The van der Waals surface area contributed by atoms with E-state index in [0.29, 0.717) is 42.4 Å². The number of nitrogens with two attached hydrogens (primary N) is 2. The molecule has 6 aromatic heterocycles. The molecule has 0 radical (unpaired) electrons. The molecule has 2 aliphatic rings. The van der Waals surface area contributed by atoms with E-state index in [1.807, 2.05) is 0 Å². The Morgan fingerprint density at radius 2 is 1.13 bits per heavy atom. The lowest BCUT2D eigenvalue weighted by Gasteiger charge is -2.23. The highest BCUT2D eigenvalue weighted by atomic mass is 79.9. The van der Waals surface area contributed by atoms with Crippen LogP contribution in [0.5, 0.6) is 0 Å². The number of likely N-dealkylation sites (tertiary alicyclic amines) is 1. The minimum atomic E-state index is -1.37. The Labute approximate surface area is 505 Å². The first-order chi connectivity index (χ1) is 37.8. The third-order valence-corrected chi connectivity index (χ3v) is 12.5. The van der Waals surface area contributed by atoms with Gasteiger partial charge in [0.2, 0.25) is 29.6 Å². The van der Waals surface area contributed by atoms with E-state index in [1.165, 1.54) is 52.9 Å². The lowest BCUT2D eigenvalue weighted by atomic mass is 10.0. The van der Waals surface area contributed by atoms with Crippen molar-refractivity contribution in [3.05, 3.63) is 107 Å². The van der Waals surface area contributed by atoms with E-state index in [1.54, 1.807) is 61.2 Å². The number of aromatic nitrogens is 12. The number of nitrogen functional groups attached to an aromatic ring is 2. The summed E-state index contributed by atoms with van der Waals surface area (Å²) in [6.45, 7) is 2.16. The molecule has 0 saturated carbocycles. The van der Waals surface area contributed by atoms with Gasteiger partial charge in [-0.1, -0.05) is 19.6 Å². The molecule has 0 bridgehead atoms. The number of halogens is 5. The largest absolute Gasteiger partial charge is 0.480 e. The molecular weight excluding hydrogens is 1280 g/mol. The highest BCUT2D eigenvalue weighted by Gasteiger charge is 2.40. The van der Waals surface area contributed by atoms with Crippen molar-refractivity contribution < 1.29 is 42.7 Å². The SMILES string of the molecule is C.CC(=O)c1nn(CC(=O)N2C[C@H](F)C[C@H]2C(=O)Nc2cncc(Br)n2)c2ccc(-c3cnc(N)nc3)cc12.CC(=O)c1nn(CC(=O)O)c2ccc(-c3cnc(N)nc3)cc12.Cl.O=C(Nc1cncc(Br)n1)[C@@H]1C[C@@H](F)CN1.S.S=S. The summed E-state index contributed by atoms with van der Waals surface area (Å²) in [6, 6.07) is 9.03. The van der Waals surface area contributed by atoms with Gasteiger partial charge >= 0.3 is 5.97 Å². The van der Waals surface area contributed by atoms with Crippen molar-refractivity contribution >= 4 is 161 Å². The number of aliphatic carboxylic acids is 1. The van der Waals surface area contributed by atoms with Gasteiger partial charge in [0.05, 0.1) is 48.4 Å². The van der Waals surface area contributed by atoms with Gasteiger partial charge in [-0.25, -0.2) is 38.7 Å². The molecule has 25 nitrogen and oxygen atoms in total. The average Bonchev–Trinajstić information content (AvgIpc) is 4.23. The number of nitrogens with zero attached hydrogens (tertiary/aromatic N) is 13. The third-order valence-electron chi connectivity index (χ3n) is 11.7. The van der Waals surface area contributed by atoms with Crippen molar-refractivity contribution in [3.63, 3.8) is 0 Å². The van der Waals surface area contributed by atoms with E-state index in [4.69, 9.17) is 16.6 Å². The molecule has 8 N–H and O–H groups in total. The quantitative estimate of drug-likeness (QED) is 0.0785. The molecule has 0 unspecified atom stereocenters. The van der Waals surface area contributed by atoms with E-state index < -0.39 is 42.2 Å². The number of carboxylic acid groups (broad SMARTS) is 1. The van der Waals surface area contributed by atoms with E-state index >= 15 is 0 Å². The van der Waals surface area contributed by atoms with Gasteiger partial charge in [-0.05, 0) is 67.3 Å². The molecule has 0 spiro atoms. The Bertz CT molecular complexity index is 3600. The number of ketones is 2. The maximum absolute atomic E-state index is 14.4. The number of Topliss-reactive ketones (excluding diaryl/α,β-unsaturated/α-hetero) is 2. The Morgan fingerprint density at radius 3 is 1.55 bits per heavy atom. The molecule has 2 aliphatic heterocycles. The van der Waals surface area contributed by atoms with Crippen LogP contribution in [0.3, 0.4) is 0 Å². The van der Waals surface area contributed by atoms with Crippen LogP contribution in [0.15, 0.2) is 95.2 Å². The first-order valence-corrected chi connectivity index (χ1v) is 26.2. The van der Waals surface area contributed by atoms with Crippen molar-refractivity contribution in [2.45, 2.75) is 71.6 Å². The number of carbonyl (C=O) groups excluding carboxylic acids is 5. The zero-order chi connectivity index (χ0) is 57.1. The van der Waals surface area contributed by atoms with Crippen molar-refractivity contribution in [2.24, 2.45) is 0 Å². The van der Waals surface area contributed by atoms with Gasteiger partial charge in [-0.2, -0.15) is 23.7 Å². The van der Waals surface area contributed by atoms with Gasteiger partial charge in [0.15, 0.2) is 23.2 Å². The van der Waals surface area contributed by atoms with Gasteiger partial charge in [0.1, 0.15) is 52.1 Å². The number of hydrogen-bond acceptors (Lipinski definition) is 21. The first kappa shape index (κ1) is 66.9. The molecule has 10 rings (SSSR count). The number of benzene rings is 2. The van der Waals surface area contributed by atoms with Crippen molar-refractivity contribution in [3.8, 4) is 22.3 Å². The first-order valence-electron chi connectivity index (χ1n) is 23.2. The van der Waals surface area contributed by atoms with Crippen LogP contribution in [0.4, 0.5) is 32.3 Å². The minimum Gasteiger partial charge on any atom is -0.480 e. The fraction of sp³-hybridized carbons (Fsp3) is 0.265. The van der Waals surface area contributed by atoms with E-state index in [0.717, 1.165) is 16.7 Å². The van der Waals surface area contributed by atoms with E-state index in [9.17, 15) is 37.5 Å². The summed E-state index contributed by atoms with van der Waals surface area (Å²) in [5, 5.41) is 26.5. The Balaban J connectivity index is 0.000000280. The Hall–Kier alpha value is -7.62. The monoisotopic (exact) mass is 1330 g/mol. The van der Waals surface area contributed by atoms with Crippen LogP contribution in [0.1, 0.15) is 55.1 Å². The van der Waals surface area contributed by atoms with E-state index in [-0.39, 0.29) is 119 Å². The summed E-state index contributed by atoms with van der Waals surface area (Å²) in [6.07, 6.45) is 9.78. The second-order valence-corrected chi connectivity index (χ2v) is 18.9. The summed E-state index contributed by atoms with van der Waals surface area (Å²) in [5.74, 6) is -2.08. The van der Waals surface area contributed by atoms with Crippen LogP contribution < -0.4 is 27.4 Å². The summed E-state index contributed by atoms with van der Waals surface area (Å²) in [7, 11) is 0. The zero-order valence-corrected chi connectivity index (χ0v) is 48.9. The molecule has 3 amide bonds. The number of alkyl halides is 2. The van der Waals surface area contributed by atoms with Crippen LogP contribution in [0, 0.1) is 0 Å². The lowest BCUT2D eigenvalue weighted by Crippen LogP contribution is -2.44. The smallest absolute Gasteiger partial charge is 0.325 e. The second kappa shape index (κ2) is 30.4. The van der Waals surface area contributed by atoms with Crippen LogP contribution >= 0.6 is 57.8 Å². The molecule has 82 heavy (non-hydrogen) atoms. The number of hydrogen-bond donors (Lipinski definition) is 6. The molecule has 8 heterocycles. The molecule has 2 saturated heterocycles. The number of carboxylic acids is 1. The zero-order valence-electron chi connectivity index (χ0n) is 42.2. The van der Waals surface area contributed by atoms with Crippen LogP contribution in [-0.2, 0) is 54.6 Å². The number of nitrogens with one attached hydrogen (secondary N) is 3. The molecule has 2 aromatic carbocycles. The number of anilines is 4. The van der Waals surface area contributed by atoms with Crippen LogP contribution in [-0.4, -0.2) is 142 Å². The van der Waals surface area contributed by atoms with E-state index in [2.05, 4.69) is 120 Å². The Morgan fingerprint density at radius 1 is 0.683 bits per heavy atom. The summed E-state index contributed by atoms with van der Waals surface area (Å²) in [4.78, 5) is 106. The highest BCUT2D eigenvalue weighted by molar-refractivity contribution is 9.10. The number of amides is 3. The molecule has 33 heteroatoms. The van der Waals surface area contributed by atoms with Crippen molar-refractivity contribution in [1.29, 1.82) is 0 Å². The summed E-state index contributed by atoms with van der Waals surface area (Å²) in [5.41, 5.74) is 15.5. The summed E-state index contributed by atoms with van der Waals surface area (Å²) < 4.78 is 30.9. The second-order valence-electron chi connectivity index (χ2n) is 17.3.